The highest BCUT2D eigenvalue weighted by molar-refractivity contribution is 5.98. The van der Waals surface area contributed by atoms with E-state index in [1.165, 1.54) is 7.11 Å². The smallest absolute Gasteiger partial charge is 0.224 e. The molecular weight excluding hydrogens is 528 g/mol. The zero-order valence-electron chi connectivity index (χ0n) is 24.1. The van der Waals surface area contributed by atoms with Gasteiger partial charge in [0.1, 0.15) is 18.1 Å². The van der Waals surface area contributed by atoms with E-state index in [0.29, 0.717) is 18.8 Å². The molecule has 4 atom stereocenters. The topological polar surface area (TPSA) is 133 Å². The first-order valence-electron chi connectivity index (χ1n) is 13.7. The third-order valence-corrected chi connectivity index (χ3v) is 7.01. The lowest BCUT2D eigenvalue weighted by atomic mass is 9.89. The Bertz CT molecular complexity index is 1160. The summed E-state index contributed by atoms with van der Waals surface area (Å²) < 4.78 is 20.5. The minimum atomic E-state index is -0.931. The number of epoxide rings is 1. The van der Waals surface area contributed by atoms with Gasteiger partial charge in [0.2, 0.25) is 11.8 Å². The van der Waals surface area contributed by atoms with Crippen LogP contribution in [0, 0.1) is 5.92 Å². The van der Waals surface area contributed by atoms with Crippen LogP contribution in [0.15, 0.2) is 54.6 Å². The van der Waals surface area contributed by atoms with Crippen molar-refractivity contribution in [2.75, 3.05) is 34.2 Å². The molecule has 1 aliphatic rings. The van der Waals surface area contributed by atoms with Crippen molar-refractivity contribution >= 4 is 23.4 Å². The Hall–Kier alpha value is -3.60. The number of methoxy groups -OCH3 is 2. The molecule has 1 aliphatic heterocycles. The fourth-order valence-corrected chi connectivity index (χ4v) is 4.39. The van der Waals surface area contributed by atoms with Gasteiger partial charge >= 0.3 is 0 Å². The number of rotatable bonds is 18. The number of Topliss-reactive ketones (excluding diaryl/α,β-unsaturated/α-hetero) is 2. The minimum absolute atomic E-state index is 0.0703. The summed E-state index contributed by atoms with van der Waals surface area (Å²) in [5.74, 6) is -1.38. The number of ether oxygens (including phenoxy) is 4. The van der Waals surface area contributed by atoms with Gasteiger partial charge < -0.3 is 29.6 Å². The molecule has 1 heterocycles. The first-order chi connectivity index (χ1) is 19.6. The highest BCUT2D eigenvalue weighted by Gasteiger charge is 2.50. The first-order valence-corrected chi connectivity index (χ1v) is 13.7. The van der Waals surface area contributed by atoms with Crippen LogP contribution in [0.25, 0.3) is 0 Å². The van der Waals surface area contributed by atoms with Crippen LogP contribution in [0.1, 0.15) is 37.8 Å². The second-order valence-corrected chi connectivity index (χ2v) is 10.4. The third-order valence-electron chi connectivity index (χ3n) is 7.01. The summed E-state index contributed by atoms with van der Waals surface area (Å²) in [4.78, 5) is 52.5. The average molecular weight is 569 g/mol. The predicted molar refractivity (Wildman–Crippen MR) is 151 cm³/mol. The van der Waals surface area contributed by atoms with E-state index in [0.717, 1.165) is 11.1 Å². The molecule has 10 heteroatoms. The van der Waals surface area contributed by atoms with Gasteiger partial charge in [-0.25, -0.2) is 0 Å². The molecule has 1 saturated heterocycles. The summed E-state index contributed by atoms with van der Waals surface area (Å²) in [5.41, 5.74) is 0.790. The fraction of sp³-hybridized carbons (Fsp3) is 0.484. The van der Waals surface area contributed by atoms with Crippen LogP contribution >= 0.6 is 0 Å². The van der Waals surface area contributed by atoms with Gasteiger partial charge in [-0.2, -0.15) is 0 Å². The average Bonchev–Trinajstić information content (AvgIpc) is 3.73. The Morgan fingerprint density at radius 2 is 1.61 bits per heavy atom. The highest BCUT2D eigenvalue weighted by Crippen LogP contribution is 2.29. The maximum absolute atomic E-state index is 13.7. The van der Waals surface area contributed by atoms with Crippen molar-refractivity contribution < 1.29 is 38.1 Å². The van der Waals surface area contributed by atoms with Crippen molar-refractivity contribution in [3.05, 3.63) is 65.7 Å². The van der Waals surface area contributed by atoms with E-state index >= 15 is 0 Å². The normalized spacial score (nSPS) is 18.0. The number of carbonyl (C=O) groups is 4. The van der Waals surface area contributed by atoms with Gasteiger partial charge in [0, 0.05) is 19.4 Å². The molecule has 10 nitrogen and oxygen atoms in total. The molecule has 0 unspecified atom stereocenters. The minimum Gasteiger partial charge on any atom is -0.497 e. The Morgan fingerprint density at radius 1 is 0.951 bits per heavy atom. The number of ketones is 2. The summed E-state index contributed by atoms with van der Waals surface area (Å²) in [6, 6.07) is 15.0. The van der Waals surface area contributed by atoms with Crippen molar-refractivity contribution in [2.45, 2.75) is 57.2 Å². The zero-order valence-corrected chi connectivity index (χ0v) is 24.1. The number of carbonyl (C=O) groups excluding carboxylic acids is 4. The van der Waals surface area contributed by atoms with E-state index in [1.54, 1.807) is 33.1 Å². The summed E-state index contributed by atoms with van der Waals surface area (Å²) in [6.07, 6.45) is 0.499. The number of hydrogen-bond acceptors (Lipinski definition) is 8. The molecule has 0 radical (unpaired) electrons. The summed E-state index contributed by atoms with van der Waals surface area (Å²) in [5, 5.41) is 5.59. The van der Waals surface area contributed by atoms with Crippen LogP contribution in [0.5, 0.6) is 5.75 Å². The fourth-order valence-electron chi connectivity index (χ4n) is 4.39. The molecule has 0 aliphatic carbocycles. The number of benzene rings is 2. The van der Waals surface area contributed by atoms with Crippen LogP contribution in [0.2, 0.25) is 0 Å². The van der Waals surface area contributed by atoms with E-state index in [1.807, 2.05) is 42.5 Å². The van der Waals surface area contributed by atoms with Crippen LogP contribution in [0.4, 0.5) is 0 Å². The molecule has 0 aromatic heterocycles. The molecule has 3 rings (SSSR count). The highest BCUT2D eigenvalue weighted by atomic mass is 16.7. The molecule has 2 aromatic rings. The van der Waals surface area contributed by atoms with Crippen molar-refractivity contribution in [2.24, 2.45) is 5.92 Å². The van der Waals surface area contributed by atoms with Crippen LogP contribution < -0.4 is 15.4 Å². The lowest BCUT2D eigenvalue weighted by Gasteiger charge is -2.24. The Labute approximate surface area is 241 Å². The molecular formula is C31H40N2O8. The van der Waals surface area contributed by atoms with Crippen LogP contribution in [0.3, 0.4) is 0 Å². The standard InChI is InChI=1S/C31H40N2O8/c1-21(32-28(35)14-15-40-20-38-3)27(34)18-24(16-23-10-12-25(39-4)13-11-23)30(37)33-26(29(36)31(2)19-41-31)17-22-8-6-5-7-9-22/h5-13,21,24,26H,14-20H2,1-4H3,(H,32,35)(H,33,37)/t21-,24+,26-,31+/m0/s1. The van der Waals surface area contributed by atoms with E-state index in [4.69, 9.17) is 18.9 Å². The molecule has 0 bridgehead atoms. The quantitative estimate of drug-likeness (QED) is 0.159. The van der Waals surface area contributed by atoms with Crippen molar-refractivity contribution in [1.29, 1.82) is 0 Å². The summed E-state index contributed by atoms with van der Waals surface area (Å²) in [7, 11) is 3.05. The number of hydrogen-bond donors (Lipinski definition) is 2. The largest absolute Gasteiger partial charge is 0.497 e. The maximum atomic E-state index is 13.7. The predicted octanol–water partition coefficient (Wildman–Crippen LogP) is 2.41. The molecule has 0 spiro atoms. The maximum Gasteiger partial charge on any atom is 0.224 e. The number of amides is 2. The molecule has 2 N–H and O–H groups in total. The third kappa shape index (κ3) is 10.1. The van der Waals surface area contributed by atoms with Gasteiger partial charge in [-0.3, -0.25) is 19.2 Å². The second kappa shape index (κ2) is 15.4. The lowest BCUT2D eigenvalue weighted by Crippen LogP contribution is -2.50. The van der Waals surface area contributed by atoms with Crippen molar-refractivity contribution in [3.63, 3.8) is 0 Å². The lowest BCUT2D eigenvalue weighted by molar-refractivity contribution is -0.134. The molecule has 222 valence electrons. The summed E-state index contributed by atoms with van der Waals surface area (Å²) in [6.45, 7) is 3.83. The van der Waals surface area contributed by atoms with Gasteiger partial charge in [-0.15, -0.1) is 0 Å². The van der Waals surface area contributed by atoms with Gasteiger partial charge in [-0.05, 0) is 49.9 Å². The molecule has 41 heavy (non-hydrogen) atoms. The second-order valence-electron chi connectivity index (χ2n) is 10.4. The van der Waals surface area contributed by atoms with E-state index < -0.39 is 29.5 Å². The molecule has 2 amide bonds. The summed E-state index contributed by atoms with van der Waals surface area (Å²) >= 11 is 0. The molecule has 2 aromatic carbocycles. The monoisotopic (exact) mass is 568 g/mol. The molecule has 0 saturated carbocycles. The molecule has 1 fully saturated rings. The van der Waals surface area contributed by atoms with Crippen LogP contribution in [-0.2, 0) is 46.2 Å². The Balaban J connectivity index is 1.73. The van der Waals surface area contributed by atoms with Gasteiger partial charge in [0.15, 0.2) is 11.6 Å². The van der Waals surface area contributed by atoms with Crippen molar-refractivity contribution in [3.8, 4) is 5.75 Å². The number of nitrogens with one attached hydrogen (secondary N) is 2. The zero-order chi connectivity index (χ0) is 29.8. The van der Waals surface area contributed by atoms with E-state index in [-0.39, 0.29) is 50.1 Å². The van der Waals surface area contributed by atoms with Gasteiger partial charge in [-0.1, -0.05) is 42.5 Å². The van der Waals surface area contributed by atoms with E-state index in [2.05, 4.69) is 10.6 Å². The van der Waals surface area contributed by atoms with Gasteiger partial charge in [0.05, 0.1) is 38.8 Å². The SMILES string of the molecule is COCOCCC(=O)N[C@@H](C)C(=O)C[C@@H](Cc1ccc(OC)cc1)C(=O)N[C@@H](Cc1ccccc1)C(=O)[C@@]1(C)CO1. The van der Waals surface area contributed by atoms with E-state index in [9.17, 15) is 19.2 Å². The van der Waals surface area contributed by atoms with Crippen molar-refractivity contribution in [1.82, 2.24) is 10.6 Å². The van der Waals surface area contributed by atoms with Crippen LogP contribution in [-0.4, -0.2) is 75.3 Å². The Morgan fingerprint density at radius 3 is 2.22 bits per heavy atom. The first kappa shape index (κ1) is 31.9. The Kier molecular flexibility index (Phi) is 12.0. The van der Waals surface area contributed by atoms with Gasteiger partial charge in [0.25, 0.3) is 0 Å².